The minimum atomic E-state index is 0.648. The summed E-state index contributed by atoms with van der Waals surface area (Å²) in [5.41, 5.74) is 0. The topological polar surface area (TPSA) is 18.5 Å². The number of ether oxygens (including phenoxy) is 2. The molecule has 0 unspecified atom stereocenters. The fraction of sp³-hybridized carbons (Fsp3) is 0.429. The van der Waals surface area contributed by atoms with Gasteiger partial charge in [0.1, 0.15) is 24.5 Å². The van der Waals surface area contributed by atoms with Crippen LogP contribution in [-0.2, 0) is 9.47 Å². The van der Waals surface area contributed by atoms with Crippen LogP contribution in [0.1, 0.15) is 12.8 Å². The molecule has 0 atom stereocenters. The number of allylic oxidation sites excluding steroid dienone is 1. The number of hydrogen-bond acceptors (Lipinski definition) is 2. The van der Waals surface area contributed by atoms with Crippen LogP contribution in [0.5, 0.6) is 0 Å². The molecule has 2 rings (SSSR count). The van der Waals surface area contributed by atoms with Gasteiger partial charge in [-0.3, -0.25) is 0 Å². The van der Waals surface area contributed by atoms with Crippen LogP contribution in [0.15, 0.2) is 24.5 Å². The molecule has 0 aromatic rings. The smallest absolute Gasteiger partial charge is 0.141 e. The molecule has 2 heteroatoms. The Hall–Kier alpha value is -0.920. The van der Waals surface area contributed by atoms with Gasteiger partial charge in [0.25, 0.3) is 0 Å². The van der Waals surface area contributed by atoms with E-state index in [9.17, 15) is 0 Å². The van der Waals surface area contributed by atoms with E-state index in [2.05, 4.69) is 0 Å². The molecule has 0 amide bonds. The summed E-state index contributed by atoms with van der Waals surface area (Å²) in [7, 11) is 0. The van der Waals surface area contributed by atoms with Crippen LogP contribution >= 0.6 is 0 Å². The molecule has 1 aliphatic heterocycles. The minimum absolute atomic E-state index is 0.648. The Kier molecular flexibility index (Phi) is 0.979. The van der Waals surface area contributed by atoms with Crippen LogP contribution in [0.2, 0.25) is 0 Å². The maximum absolute atomic E-state index is 5.16. The summed E-state index contributed by atoms with van der Waals surface area (Å²) in [5.74, 6) is 1.63. The zero-order valence-electron chi connectivity index (χ0n) is 5.04. The van der Waals surface area contributed by atoms with Gasteiger partial charge in [-0.25, -0.2) is 0 Å². The summed E-state index contributed by atoms with van der Waals surface area (Å²) in [6, 6.07) is 0. The average Bonchev–Trinajstić information content (AvgIpc) is 2.71. The molecular weight excluding hydrogens is 116 g/mol. The molecule has 0 aromatic heterocycles. The molecule has 1 aliphatic carbocycles. The van der Waals surface area contributed by atoms with E-state index in [0.717, 1.165) is 5.76 Å². The monoisotopic (exact) mass is 124 g/mol. The summed E-state index contributed by atoms with van der Waals surface area (Å²) in [4.78, 5) is 0. The largest absolute Gasteiger partial charge is 0.466 e. The SMILES string of the molecule is C1=COC(C2CC2)=CO1. The van der Waals surface area contributed by atoms with Crippen LogP contribution in [0.25, 0.3) is 0 Å². The van der Waals surface area contributed by atoms with Crippen molar-refractivity contribution >= 4 is 0 Å². The third kappa shape index (κ3) is 0.922. The molecule has 1 fully saturated rings. The molecule has 0 bridgehead atoms. The lowest BCUT2D eigenvalue weighted by atomic mass is 10.4. The Morgan fingerprint density at radius 1 is 1.33 bits per heavy atom. The van der Waals surface area contributed by atoms with Crippen molar-refractivity contribution in [2.24, 2.45) is 5.92 Å². The highest BCUT2D eigenvalue weighted by atomic mass is 16.5. The van der Waals surface area contributed by atoms with Crippen molar-refractivity contribution in [3.05, 3.63) is 24.5 Å². The second kappa shape index (κ2) is 1.79. The highest BCUT2D eigenvalue weighted by Gasteiger charge is 2.28. The lowest BCUT2D eigenvalue weighted by Gasteiger charge is -2.07. The van der Waals surface area contributed by atoms with Crippen molar-refractivity contribution in [2.45, 2.75) is 12.8 Å². The zero-order chi connectivity index (χ0) is 6.10. The van der Waals surface area contributed by atoms with Crippen LogP contribution < -0.4 is 0 Å². The minimum Gasteiger partial charge on any atom is -0.466 e. The molecule has 0 aromatic carbocycles. The predicted octanol–water partition coefficient (Wildman–Crippen LogP) is 1.76. The molecule has 1 saturated carbocycles. The van der Waals surface area contributed by atoms with Gasteiger partial charge in [-0.05, 0) is 12.8 Å². The van der Waals surface area contributed by atoms with Gasteiger partial charge >= 0.3 is 0 Å². The summed E-state index contributed by atoms with van der Waals surface area (Å²) >= 11 is 0. The quantitative estimate of drug-likeness (QED) is 0.530. The van der Waals surface area contributed by atoms with Crippen LogP contribution in [0.4, 0.5) is 0 Å². The normalized spacial score (nSPS) is 24.2. The summed E-state index contributed by atoms with van der Waals surface area (Å²) < 4.78 is 10.1. The molecule has 48 valence electrons. The average molecular weight is 124 g/mol. The maximum atomic E-state index is 5.16. The van der Waals surface area contributed by atoms with Crippen molar-refractivity contribution in [1.82, 2.24) is 0 Å². The van der Waals surface area contributed by atoms with Gasteiger partial charge in [-0.15, -0.1) is 0 Å². The van der Waals surface area contributed by atoms with E-state index in [1.807, 2.05) is 0 Å². The van der Waals surface area contributed by atoms with Crippen molar-refractivity contribution in [3.8, 4) is 0 Å². The van der Waals surface area contributed by atoms with E-state index in [1.54, 1.807) is 12.5 Å². The van der Waals surface area contributed by atoms with Gasteiger partial charge in [-0.1, -0.05) is 0 Å². The van der Waals surface area contributed by atoms with E-state index < -0.39 is 0 Å². The van der Waals surface area contributed by atoms with Gasteiger partial charge in [0, 0.05) is 5.92 Å². The zero-order valence-corrected chi connectivity index (χ0v) is 5.04. The van der Waals surface area contributed by atoms with Crippen LogP contribution in [0.3, 0.4) is 0 Å². The van der Waals surface area contributed by atoms with Crippen LogP contribution in [-0.4, -0.2) is 0 Å². The lowest BCUT2D eigenvalue weighted by Crippen LogP contribution is -1.92. The molecule has 1 heterocycles. The van der Waals surface area contributed by atoms with E-state index >= 15 is 0 Å². The van der Waals surface area contributed by atoms with Crippen molar-refractivity contribution in [1.29, 1.82) is 0 Å². The lowest BCUT2D eigenvalue weighted by molar-refractivity contribution is 0.241. The van der Waals surface area contributed by atoms with Gasteiger partial charge < -0.3 is 9.47 Å². The molecule has 2 nitrogen and oxygen atoms in total. The number of rotatable bonds is 1. The fourth-order valence-electron chi connectivity index (χ4n) is 0.833. The van der Waals surface area contributed by atoms with E-state index in [0.29, 0.717) is 5.92 Å². The Morgan fingerprint density at radius 2 is 2.22 bits per heavy atom. The first kappa shape index (κ1) is 4.91. The Balaban J connectivity index is 2.02. The number of hydrogen-bond donors (Lipinski definition) is 0. The highest BCUT2D eigenvalue weighted by molar-refractivity contribution is 5.05. The highest BCUT2D eigenvalue weighted by Crippen LogP contribution is 2.37. The molecular formula is C7H8O2. The Morgan fingerprint density at radius 3 is 2.78 bits per heavy atom. The van der Waals surface area contributed by atoms with Crippen molar-refractivity contribution in [2.75, 3.05) is 0 Å². The predicted molar refractivity (Wildman–Crippen MR) is 32.1 cm³/mol. The van der Waals surface area contributed by atoms with Gasteiger partial charge in [0.15, 0.2) is 0 Å². The Labute approximate surface area is 53.8 Å². The first-order valence-corrected chi connectivity index (χ1v) is 3.14. The fourth-order valence-corrected chi connectivity index (χ4v) is 0.833. The molecule has 0 N–H and O–H groups in total. The third-order valence-electron chi connectivity index (χ3n) is 1.50. The summed E-state index contributed by atoms with van der Waals surface area (Å²) in [5, 5.41) is 0. The van der Waals surface area contributed by atoms with Gasteiger partial charge in [-0.2, -0.15) is 0 Å². The summed E-state index contributed by atoms with van der Waals surface area (Å²) in [6.07, 6.45) is 7.29. The second-order valence-electron chi connectivity index (χ2n) is 2.32. The van der Waals surface area contributed by atoms with E-state index in [-0.39, 0.29) is 0 Å². The first-order chi connectivity index (χ1) is 4.47. The van der Waals surface area contributed by atoms with Gasteiger partial charge in [0.2, 0.25) is 0 Å². The molecule has 0 spiro atoms. The Bertz CT molecular complexity index is 166. The molecule has 9 heavy (non-hydrogen) atoms. The second-order valence-corrected chi connectivity index (χ2v) is 2.32. The molecule has 0 saturated heterocycles. The molecule has 2 aliphatic rings. The molecule has 0 radical (unpaired) electrons. The van der Waals surface area contributed by atoms with Crippen molar-refractivity contribution < 1.29 is 9.47 Å². The summed E-state index contributed by atoms with van der Waals surface area (Å²) in [6.45, 7) is 0. The standard InChI is InChI=1S/C7H8O2/c1-2-6(1)7-5-8-3-4-9-7/h3-6H,1-2H2. The van der Waals surface area contributed by atoms with Crippen molar-refractivity contribution in [3.63, 3.8) is 0 Å². The first-order valence-electron chi connectivity index (χ1n) is 3.14. The van der Waals surface area contributed by atoms with Crippen LogP contribution in [0, 0.1) is 5.92 Å². The third-order valence-corrected chi connectivity index (χ3v) is 1.50. The maximum Gasteiger partial charge on any atom is 0.141 e. The van der Waals surface area contributed by atoms with E-state index in [1.165, 1.54) is 19.1 Å². The van der Waals surface area contributed by atoms with E-state index in [4.69, 9.17) is 9.47 Å². The van der Waals surface area contributed by atoms with Gasteiger partial charge in [0.05, 0.1) is 0 Å².